The summed E-state index contributed by atoms with van der Waals surface area (Å²) in [5.74, 6) is 1.92. The Morgan fingerprint density at radius 2 is 1.76 bits per heavy atom. The van der Waals surface area contributed by atoms with E-state index in [0.29, 0.717) is 23.8 Å². The molecule has 21 heavy (non-hydrogen) atoms. The van der Waals surface area contributed by atoms with Crippen LogP contribution < -0.4 is 19.5 Å². The molecule has 2 rings (SSSR count). The number of nitrogens with zero attached hydrogens (tertiary/aromatic N) is 1. The first-order chi connectivity index (χ1) is 10.2. The predicted octanol–water partition coefficient (Wildman–Crippen LogP) is 3.03. The van der Waals surface area contributed by atoms with Crippen LogP contribution in [0.2, 0.25) is 0 Å². The standard InChI is InChI=1S/C16H20N2O3/c1-11-7-13(10-17-8-11)18-9-12-5-6-14(19-2)16(21-4)15(12)20-3/h5-8,10,18H,9H2,1-4H3. The Labute approximate surface area is 124 Å². The van der Waals surface area contributed by atoms with Crippen molar-refractivity contribution in [3.05, 3.63) is 41.7 Å². The normalized spacial score (nSPS) is 10.1. The molecule has 0 spiro atoms. The molecule has 5 heteroatoms. The van der Waals surface area contributed by atoms with Crippen molar-refractivity contribution in [1.29, 1.82) is 0 Å². The molecule has 0 saturated carbocycles. The van der Waals surface area contributed by atoms with Crippen molar-refractivity contribution in [1.82, 2.24) is 4.98 Å². The highest BCUT2D eigenvalue weighted by atomic mass is 16.5. The second kappa shape index (κ2) is 6.83. The first kappa shape index (κ1) is 15.0. The van der Waals surface area contributed by atoms with Gasteiger partial charge in [-0.1, -0.05) is 0 Å². The predicted molar refractivity (Wildman–Crippen MR) is 82.4 cm³/mol. The zero-order valence-electron chi connectivity index (χ0n) is 12.8. The number of hydrogen-bond donors (Lipinski definition) is 1. The molecule has 1 heterocycles. The summed E-state index contributed by atoms with van der Waals surface area (Å²) in [6.45, 7) is 2.61. The number of pyridine rings is 1. The van der Waals surface area contributed by atoms with Crippen molar-refractivity contribution >= 4 is 5.69 Å². The van der Waals surface area contributed by atoms with Crippen LogP contribution in [0.15, 0.2) is 30.6 Å². The van der Waals surface area contributed by atoms with Crippen molar-refractivity contribution in [3.63, 3.8) is 0 Å². The molecule has 0 aliphatic carbocycles. The first-order valence-electron chi connectivity index (χ1n) is 6.63. The lowest BCUT2D eigenvalue weighted by Crippen LogP contribution is -2.04. The zero-order valence-corrected chi connectivity index (χ0v) is 12.8. The minimum Gasteiger partial charge on any atom is -0.493 e. The Balaban J connectivity index is 2.23. The molecule has 0 unspecified atom stereocenters. The highest BCUT2D eigenvalue weighted by Crippen LogP contribution is 2.39. The van der Waals surface area contributed by atoms with Crippen LogP contribution in [0, 0.1) is 6.92 Å². The van der Waals surface area contributed by atoms with Gasteiger partial charge in [0.1, 0.15) is 0 Å². The van der Waals surface area contributed by atoms with Crippen molar-refractivity contribution < 1.29 is 14.2 Å². The van der Waals surface area contributed by atoms with Gasteiger partial charge in [-0.15, -0.1) is 0 Å². The van der Waals surface area contributed by atoms with E-state index >= 15 is 0 Å². The highest BCUT2D eigenvalue weighted by Gasteiger charge is 2.15. The number of rotatable bonds is 6. The quantitative estimate of drug-likeness (QED) is 0.885. The molecule has 1 aromatic heterocycles. The number of anilines is 1. The molecule has 2 aromatic rings. The second-order valence-electron chi connectivity index (χ2n) is 4.60. The van der Waals surface area contributed by atoms with Crippen molar-refractivity contribution in [3.8, 4) is 17.2 Å². The largest absolute Gasteiger partial charge is 0.493 e. The van der Waals surface area contributed by atoms with E-state index in [0.717, 1.165) is 16.8 Å². The average Bonchev–Trinajstić information content (AvgIpc) is 2.51. The van der Waals surface area contributed by atoms with Crippen LogP contribution in [0.1, 0.15) is 11.1 Å². The van der Waals surface area contributed by atoms with Crippen molar-refractivity contribution in [2.24, 2.45) is 0 Å². The molecule has 5 nitrogen and oxygen atoms in total. The Kier molecular flexibility index (Phi) is 4.87. The van der Waals surface area contributed by atoms with Gasteiger partial charge in [0.15, 0.2) is 11.5 Å². The topological polar surface area (TPSA) is 52.6 Å². The molecule has 0 fully saturated rings. The van der Waals surface area contributed by atoms with Gasteiger partial charge in [-0.3, -0.25) is 4.98 Å². The van der Waals surface area contributed by atoms with Gasteiger partial charge in [0, 0.05) is 24.5 Å². The van der Waals surface area contributed by atoms with Crippen molar-refractivity contribution in [2.45, 2.75) is 13.5 Å². The van der Waals surface area contributed by atoms with E-state index in [9.17, 15) is 0 Å². The van der Waals surface area contributed by atoms with E-state index in [2.05, 4.69) is 10.3 Å². The van der Waals surface area contributed by atoms with Crippen LogP contribution in [-0.2, 0) is 6.54 Å². The van der Waals surface area contributed by atoms with Gasteiger partial charge < -0.3 is 19.5 Å². The van der Waals surface area contributed by atoms with Crippen LogP contribution in [0.25, 0.3) is 0 Å². The zero-order chi connectivity index (χ0) is 15.2. The number of nitrogens with one attached hydrogen (secondary N) is 1. The van der Waals surface area contributed by atoms with Gasteiger partial charge in [-0.05, 0) is 30.7 Å². The summed E-state index contributed by atoms with van der Waals surface area (Å²) >= 11 is 0. The number of aromatic nitrogens is 1. The van der Waals surface area contributed by atoms with Crippen LogP contribution in [0.5, 0.6) is 17.2 Å². The fourth-order valence-electron chi connectivity index (χ4n) is 2.15. The SMILES string of the molecule is COc1ccc(CNc2cncc(C)c2)c(OC)c1OC. The number of hydrogen-bond acceptors (Lipinski definition) is 5. The van der Waals surface area contributed by atoms with Gasteiger partial charge in [-0.25, -0.2) is 0 Å². The lowest BCUT2D eigenvalue weighted by atomic mass is 10.1. The molecule has 0 aliphatic rings. The summed E-state index contributed by atoms with van der Waals surface area (Å²) in [6, 6.07) is 5.86. The summed E-state index contributed by atoms with van der Waals surface area (Å²) in [7, 11) is 4.82. The molecular weight excluding hydrogens is 268 g/mol. The summed E-state index contributed by atoms with van der Waals surface area (Å²) in [4.78, 5) is 4.16. The smallest absolute Gasteiger partial charge is 0.203 e. The number of benzene rings is 1. The van der Waals surface area contributed by atoms with E-state index in [1.807, 2.05) is 31.3 Å². The van der Waals surface area contributed by atoms with Crippen LogP contribution in [0.3, 0.4) is 0 Å². The maximum absolute atomic E-state index is 5.46. The summed E-state index contributed by atoms with van der Waals surface area (Å²) in [5, 5.41) is 3.33. The summed E-state index contributed by atoms with van der Waals surface area (Å²) < 4.78 is 16.1. The van der Waals surface area contributed by atoms with Gasteiger partial charge in [-0.2, -0.15) is 0 Å². The average molecular weight is 288 g/mol. The third-order valence-electron chi connectivity index (χ3n) is 3.14. The molecule has 1 N–H and O–H groups in total. The van der Waals surface area contributed by atoms with E-state index in [-0.39, 0.29) is 0 Å². The van der Waals surface area contributed by atoms with Gasteiger partial charge in [0.2, 0.25) is 5.75 Å². The third kappa shape index (κ3) is 3.37. The molecule has 0 radical (unpaired) electrons. The maximum Gasteiger partial charge on any atom is 0.203 e. The summed E-state index contributed by atoms with van der Waals surface area (Å²) in [6.07, 6.45) is 3.61. The highest BCUT2D eigenvalue weighted by molar-refractivity contribution is 5.57. The maximum atomic E-state index is 5.46. The van der Waals surface area contributed by atoms with Crippen molar-refractivity contribution in [2.75, 3.05) is 26.6 Å². The lowest BCUT2D eigenvalue weighted by Gasteiger charge is -2.16. The molecule has 0 saturated heterocycles. The monoisotopic (exact) mass is 288 g/mol. The molecule has 0 aliphatic heterocycles. The van der Waals surface area contributed by atoms with Gasteiger partial charge >= 0.3 is 0 Å². The van der Waals surface area contributed by atoms with E-state index in [4.69, 9.17) is 14.2 Å². The number of methoxy groups -OCH3 is 3. The molecule has 0 bridgehead atoms. The Morgan fingerprint density at radius 1 is 1.00 bits per heavy atom. The molecular formula is C16H20N2O3. The Bertz CT molecular complexity index is 614. The molecule has 0 atom stereocenters. The minimum atomic E-state index is 0.599. The van der Waals surface area contributed by atoms with Crippen LogP contribution in [0.4, 0.5) is 5.69 Å². The fraction of sp³-hybridized carbons (Fsp3) is 0.312. The molecule has 1 aromatic carbocycles. The Hall–Kier alpha value is -2.43. The van der Waals surface area contributed by atoms with Gasteiger partial charge in [0.05, 0.1) is 27.0 Å². The molecule has 0 amide bonds. The van der Waals surface area contributed by atoms with E-state index < -0.39 is 0 Å². The van der Waals surface area contributed by atoms with E-state index in [1.165, 1.54) is 0 Å². The summed E-state index contributed by atoms with van der Waals surface area (Å²) in [5.41, 5.74) is 3.06. The number of aryl methyl sites for hydroxylation is 1. The second-order valence-corrected chi connectivity index (χ2v) is 4.60. The van der Waals surface area contributed by atoms with E-state index in [1.54, 1.807) is 27.5 Å². The minimum absolute atomic E-state index is 0.599. The Morgan fingerprint density at radius 3 is 2.38 bits per heavy atom. The fourth-order valence-corrected chi connectivity index (χ4v) is 2.15. The third-order valence-corrected chi connectivity index (χ3v) is 3.14. The number of ether oxygens (including phenoxy) is 3. The first-order valence-corrected chi connectivity index (χ1v) is 6.63. The lowest BCUT2D eigenvalue weighted by molar-refractivity contribution is 0.322. The van der Waals surface area contributed by atoms with Crippen LogP contribution in [-0.4, -0.2) is 26.3 Å². The van der Waals surface area contributed by atoms with Crippen LogP contribution >= 0.6 is 0 Å². The molecule has 112 valence electrons. The van der Waals surface area contributed by atoms with Gasteiger partial charge in [0.25, 0.3) is 0 Å².